The van der Waals surface area contributed by atoms with Crippen molar-refractivity contribution in [3.05, 3.63) is 69.3 Å². The van der Waals surface area contributed by atoms with Crippen LogP contribution in [0.5, 0.6) is 0 Å². The molecule has 0 atom stereocenters. The normalized spacial score (nSPS) is 12.8. The fraction of sp³-hybridized carbons (Fsp3) is 0. The summed E-state index contributed by atoms with van der Waals surface area (Å²) >= 11 is 12.7. The van der Waals surface area contributed by atoms with Crippen LogP contribution in [0.15, 0.2) is 58.5 Å². The van der Waals surface area contributed by atoms with E-state index in [0.29, 0.717) is 10.0 Å². The standard InChI is InChI=1S/C18H8Cl2N2/c19-9-5-6-10-12-8-15-16(11-3-1-2-4-13(11)21-15)17(20)18(12)22-14(10)7-9/h1-8H. The summed E-state index contributed by atoms with van der Waals surface area (Å²) in [6.45, 7) is 0. The molecule has 22 heavy (non-hydrogen) atoms. The van der Waals surface area contributed by atoms with Crippen molar-refractivity contribution in [2.45, 2.75) is 0 Å². The number of rotatable bonds is 0. The van der Waals surface area contributed by atoms with E-state index in [1.807, 2.05) is 42.5 Å². The maximum Gasteiger partial charge on any atom is 0.0910 e. The van der Waals surface area contributed by atoms with Gasteiger partial charge in [-0.15, -0.1) is 0 Å². The molecule has 0 bridgehead atoms. The summed E-state index contributed by atoms with van der Waals surface area (Å²) in [5.74, 6) is 0. The molecule has 0 saturated heterocycles. The third-order valence-electron chi connectivity index (χ3n) is 4.12. The molecule has 104 valence electrons. The first kappa shape index (κ1) is 12.4. The van der Waals surface area contributed by atoms with Crippen LogP contribution in [0.3, 0.4) is 0 Å². The van der Waals surface area contributed by atoms with Crippen LogP contribution in [0.4, 0.5) is 11.4 Å². The molecule has 0 saturated carbocycles. The molecule has 3 aromatic rings. The fourth-order valence-corrected chi connectivity index (χ4v) is 3.65. The van der Waals surface area contributed by atoms with Gasteiger partial charge in [0.25, 0.3) is 0 Å². The minimum atomic E-state index is 0.661. The van der Waals surface area contributed by atoms with Crippen molar-refractivity contribution >= 4 is 34.6 Å². The van der Waals surface area contributed by atoms with E-state index in [-0.39, 0.29) is 0 Å². The molecule has 0 aliphatic carbocycles. The molecule has 2 nitrogen and oxygen atoms in total. The highest BCUT2D eigenvalue weighted by Gasteiger charge is 2.23. The van der Waals surface area contributed by atoms with Gasteiger partial charge in [-0.05, 0) is 24.3 Å². The van der Waals surface area contributed by atoms with E-state index >= 15 is 0 Å². The third kappa shape index (κ3) is 1.51. The number of fused-ring (bicyclic) bond motifs is 6. The summed E-state index contributed by atoms with van der Waals surface area (Å²) in [6, 6.07) is 15.8. The zero-order valence-electron chi connectivity index (χ0n) is 11.3. The van der Waals surface area contributed by atoms with Gasteiger partial charge in [-0.3, -0.25) is 0 Å². The highest BCUT2D eigenvalue weighted by atomic mass is 35.5. The lowest BCUT2D eigenvalue weighted by Gasteiger charge is -2.03. The van der Waals surface area contributed by atoms with Crippen LogP contribution in [0, 0.1) is 0 Å². The van der Waals surface area contributed by atoms with Crippen LogP contribution in [-0.2, 0) is 0 Å². The maximum absolute atomic E-state index is 6.67. The first-order chi connectivity index (χ1) is 10.7. The molecule has 2 aliphatic heterocycles. The molecule has 5 rings (SSSR count). The third-order valence-corrected chi connectivity index (χ3v) is 4.72. The van der Waals surface area contributed by atoms with Gasteiger partial charge < -0.3 is 0 Å². The van der Waals surface area contributed by atoms with Crippen LogP contribution < -0.4 is 10.7 Å². The molecule has 0 amide bonds. The van der Waals surface area contributed by atoms with Gasteiger partial charge in [0.15, 0.2) is 0 Å². The number of halogens is 2. The smallest absolute Gasteiger partial charge is 0.0910 e. The SMILES string of the molecule is Clc1ccc2c(c1)N=c1c-2cc2c(c1Cl)-c1ccccc1N=2. The molecule has 0 fully saturated rings. The van der Waals surface area contributed by atoms with Gasteiger partial charge in [-0.1, -0.05) is 47.5 Å². The van der Waals surface area contributed by atoms with Gasteiger partial charge in [0, 0.05) is 27.3 Å². The zero-order chi connectivity index (χ0) is 14.8. The van der Waals surface area contributed by atoms with Gasteiger partial charge >= 0.3 is 0 Å². The summed E-state index contributed by atoms with van der Waals surface area (Å²) in [7, 11) is 0. The zero-order valence-corrected chi connectivity index (χ0v) is 12.8. The van der Waals surface area contributed by atoms with Crippen LogP contribution in [0.1, 0.15) is 0 Å². The van der Waals surface area contributed by atoms with Gasteiger partial charge in [0.1, 0.15) is 0 Å². The Morgan fingerprint density at radius 3 is 2.50 bits per heavy atom. The Morgan fingerprint density at radius 2 is 1.59 bits per heavy atom. The van der Waals surface area contributed by atoms with Crippen molar-refractivity contribution in [1.29, 1.82) is 0 Å². The molecular weight excluding hydrogens is 315 g/mol. The first-order valence-corrected chi connectivity index (χ1v) is 7.67. The van der Waals surface area contributed by atoms with Crippen LogP contribution >= 0.6 is 23.2 Å². The highest BCUT2D eigenvalue weighted by molar-refractivity contribution is 6.34. The molecule has 2 heterocycles. The fourth-order valence-electron chi connectivity index (χ4n) is 3.14. The second kappa shape index (κ2) is 4.19. The van der Waals surface area contributed by atoms with Crippen LogP contribution in [0.25, 0.3) is 22.3 Å². The predicted octanol–water partition coefficient (Wildman–Crippen LogP) is 4.86. The number of para-hydroxylation sites is 1. The average molecular weight is 323 g/mol. The summed E-state index contributed by atoms with van der Waals surface area (Å²) in [5.41, 5.74) is 5.93. The maximum atomic E-state index is 6.67. The molecule has 0 N–H and O–H groups in total. The van der Waals surface area contributed by atoms with E-state index in [0.717, 1.165) is 44.3 Å². The van der Waals surface area contributed by atoms with Gasteiger partial charge in [0.2, 0.25) is 0 Å². The molecule has 2 aliphatic rings. The van der Waals surface area contributed by atoms with Crippen molar-refractivity contribution in [2.75, 3.05) is 0 Å². The Hall–Kier alpha value is -2.16. The Balaban J connectivity index is 1.90. The largest absolute Gasteiger partial charge is 0.248 e. The highest BCUT2D eigenvalue weighted by Crippen LogP contribution is 2.40. The lowest BCUT2D eigenvalue weighted by atomic mass is 10.0. The van der Waals surface area contributed by atoms with E-state index in [1.54, 1.807) is 0 Å². The van der Waals surface area contributed by atoms with E-state index < -0.39 is 0 Å². The van der Waals surface area contributed by atoms with Gasteiger partial charge in [-0.25, -0.2) is 9.98 Å². The molecule has 0 radical (unpaired) electrons. The van der Waals surface area contributed by atoms with E-state index in [9.17, 15) is 0 Å². The predicted molar refractivity (Wildman–Crippen MR) is 89.0 cm³/mol. The second-order valence-corrected chi connectivity index (χ2v) is 6.20. The van der Waals surface area contributed by atoms with Crippen molar-refractivity contribution in [3.63, 3.8) is 0 Å². The second-order valence-electron chi connectivity index (χ2n) is 5.38. The van der Waals surface area contributed by atoms with Crippen LogP contribution in [0.2, 0.25) is 10.0 Å². The van der Waals surface area contributed by atoms with E-state index in [2.05, 4.69) is 11.1 Å². The summed E-state index contributed by atoms with van der Waals surface area (Å²) in [5, 5.41) is 3.05. The van der Waals surface area contributed by atoms with Crippen molar-refractivity contribution in [3.8, 4) is 22.3 Å². The van der Waals surface area contributed by atoms with E-state index in [4.69, 9.17) is 28.2 Å². The Labute approximate surface area is 136 Å². The number of nitrogens with zero attached hydrogens (tertiary/aromatic N) is 2. The summed E-state index contributed by atoms with van der Waals surface area (Å²) in [4.78, 5) is 9.36. The molecule has 0 spiro atoms. The molecule has 0 aromatic heterocycles. The Bertz CT molecular complexity index is 1100. The topological polar surface area (TPSA) is 24.7 Å². The van der Waals surface area contributed by atoms with Gasteiger partial charge in [0.05, 0.1) is 27.1 Å². The van der Waals surface area contributed by atoms with Crippen LogP contribution in [-0.4, -0.2) is 0 Å². The number of hydrogen-bond acceptors (Lipinski definition) is 2. The molecule has 3 aromatic carbocycles. The molecule has 4 heteroatoms. The lowest BCUT2D eigenvalue weighted by Crippen LogP contribution is -2.13. The summed E-state index contributed by atoms with van der Waals surface area (Å²) < 4.78 is 0. The number of hydrogen-bond donors (Lipinski definition) is 0. The summed E-state index contributed by atoms with van der Waals surface area (Å²) in [6.07, 6.45) is 0. The molecule has 0 unspecified atom stereocenters. The monoisotopic (exact) mass is 322 g/mol. The Kier molecular flexibility index (Phi) is 2.36. The van der Waals surface area contributed by atoms with Crippen molar-refractivity contribution in [1.82, 2.24) is 0 Å². The Morgan fingerprint density at radius 1 is 0.727 bits per heavy atom. The van der Waals surface area contributed by atoms with Crippen molar-refractivity contribution in [2.24, 2.45) is 9.98 Å². The lowest BCUT2D eigenvalue weighted by molar-refractivity contribution is 1.37. The molecular formula is C18H8Cl2N2. The minimum absolute atomic E-state index is 0.661. The first-order valence-electron chi connectivity index (χ1n) is 6.92. The number of benzene rings is 3. The quantitative estimate of drug-likeness (QED) is 0.389. The minimum Gasteiger partial charge on any atom is -0.248 e. The van der Waals surface area contributed by atoms with E-state index in [1.165, 1.54) is 0 Å². The van der Waals surface area contributed by atoms with Gasteiger partial charge in [-0.2, -0.15) is 0 Å². The van der Waals surface area contributed by atoms with Crippen molar-refractivity contribution < 1.29 is 0 Å². The average Bonchev–Trinajstić information content (AvgIpc) is 3.05.